The number of fused-ring (bicyclic) bond motifs is 1. The molecule has 0 amide bonds. The molecule has 2 N–H and O–H groups in total. The monoisotopic (exact) mass is 579 g/mol. The number of nitrogens with zero attached hydrogens (tertiary/aromatic N) is 2. The number of alkyl halides is 3. The fraction of sp³-hybridized carbons (Fsp3) is 0.364. The second-order valence-corrected chi connectivity index (χ2v) is 10.4. The number of ether oxygens (including phenoxy) is 2. The van der Waals surface area contributed by atoms with Crippen molar-refractivity contribution in [2.75, 3.05) is 26.4 Å². The maximum absolute atomic E-state index is 12.7. The van der Waals surface area contributed by atoms with Crippen molar-refractivity contribution in [2.45, 2.75) is 51.4 Å². The average Bonchev–Trinajstić information content (AvgIpc) is 3.39. The van der Waals surface area contributed by atoms with E-state index in [0.717, 1.165) is 27.6 Å². The number of hydrogen-bond donors (Lipinski definition) is 2. The van der Waals surface area contributed by atoms with E-state index in [1.54, 1.807) is 18.2 Å². The van der Waals surface area contributed by atoms with Gasteiger partial charge in [0.05, 0.1) is 11.1 Å². The average molecular weight is 580 g/mol. The largest absolute Gasteiger partial charge is 0.488 e. The highest BCUT2D eigenvalue weighted by molar-refractivity contribution is 5.88. The smallest absolute Gasteiger partial charge is 0.422 e. The summed E-state index contributed by atoms with van der Waals surface area (Å²) in [6, 6.07) is 22.9. The van der Waals surface area contributed by atoms with Gasteiger partial charge in [-0.3, -0.25) is 4.90 Å². The SMILES string of the molecule is C[C@H](Cc1cc(C#N)c2[nH]cc(CCCO)c2c1)N(CCOc1ccccc1OCC(F)(F)F)[C@H](C)c1ccccc1. The molecule has 4 aromatic rings. The van der Waals surface area contributed by atoms with Gasteiger partial charge < -0.3 is 19.6 Å². The standard InChI is InChI=1S/C33H36F3N3O3/c1-23(17-25-18-28(20-37)32-29(19-25)27(21-38-32)11-8-15-40)39(24(2)26-9-4-3-5-10-26)14-16-41-30-12-6-7-13-31(30)42-22-33(34,35)36/h3-7,9-10,12-13,18-19,21,23-24,38,40H,8,11,14-17,22H2,1-2H3/t23-,24-/m1/s1. The van der Waals surface area contributed by atoms with Crippen LogP contribution >= 0.6 is 0 Å². The van der Waals surface area contributed by atoms with Crippen LogP contribution in [0.2, 0.25) is 0 Å². The fourth-order valence-electron chi connectivity index (χ4n) is 5.32. The second-order valence-electron chi connectivity index (χ2n) is 10.4. The highest BCUT2D eigenvalue weighted by atomic mass is 19.4. The zero-order valence-electron chi connectivity index (χ0n) is 23.8. The van der Waals surface area contributed by atoms with E-state index >= 15 is 0 Å². The molecule has 9 heteroatoms. The van der Waals surface area contributed by atoms with Crippen molar-refractivity contribution < 1.29 is 27.8 Å². The van der Waals surface area contributed by atoms with Crippen molar-refractivity contribution in [3.63, 3.8) is 0 Å². The molecular formula is C33H36F3N3O3. The first-order valence-electron chi connectivity index (χ1n) is 14.1. The molecule has 0 aliphatic rings. The Kier molecular flexibility index (Phi) is 10.5. The minimum atomic E-state index is -4.45. The van der Waals surface area contributed by atoms with Crippen molar-refractivity contribution in [1.29, 1.82) is 5.26 Å². The highest BCUT2D eigenvalue weighted by Gasteiger charge is 2.29. The van der Waals surface area contributed by atoms with Gasteiger partial charge in [0.2, 0.25) is 0 Å². The molecule has 1 heterocycles. The molecule has 42 heavy (non-hydrogen) atoms. The molecule has 0 aliphatic heterocycles. The number of aliphatic hydroxyl groups is 1. The molecule has 0 bridgehead atoms. The summed E-state index contributed by atoms with van der Waals surface area (Å²) in [5.41, 5.74) is 4.60. The van der Waals surface area contributed by atoms with E-state index in [0.29, 0.717) is 31.4 Å². The van der Waals surface area contributed by atoms with Gasteiger partial charge in [0.1, 0.15) is 12.7 Å². The predicted molar refractivity (Wildman–Crippen MR) is 157 cm³/mol. The Morgan fingerprint density at radius 1 is 1.00 bits per heavy atom. The normalized spacial score (nSPS) is 13.2. The lowest BCUT2D eigenvalue weighted by Crippen LogP contribution is -2.39. The molecular weight excluding hydrogens is 543 g/mol. The third-order valence-electron chi connectivity index (χ3n) is 7.38. The van der Waals surface area contributed by atoms with E-state index in [-0.39, 0.29) is 36.8 Å². The maximum atomic E-state index is 12.7. The number of H-pyrrole nitrogens is 1. The molecule has 0 spiro atoms. The third-order valence-corrected chi connectivity index (χ3v) is 7.38. The summed E-state index contributed by atoms with van der Waals surface area (Å²) in [6.45, 7) is 3.69. The molecule has 0 aliphatic carbocycles. The number of aliphatic hydroxyl groups excluding tert-OH is 1. The Bertz CT molecular complexity index is 1480. The van der Waals surface area contributed by atoms with Crippen LogP contribution in [0, 0.1) is 11.3 Å². The summed E-state index contributed by atoms with van der Waals surface area (Å²) in [5, 5.41) is 20.1. The van der Waals surface area contributed by atoms with Crippen LogP contribution in [0.4, 0.5) is 13.2 Å². The Morgan fingerprint density at radius 2 is 1.69 bits per heavy atom. The van der Waals surface area contributed by atoms with Crippen molar-refractivity contribution in [1.82, 2.24) is 9.88 Å². The van der Waals surface area contributed by atoms with Gasteiger partial charge in [-0.25, -0.2) is 0 Å². The molecule has 2 atom stereocenters. The maximum Gasteiger partial charge on any atom is 0.422 e. The Labute approximate surface area is 244 Å². The topological polar surface area (TPSA) is 81.5 Å². The zero-order valence-corrected chi connectivity index (χ0v) is 23.8. The van der Waals surface area contributed by atoms with Gasteiger partial charge in [-0.15, -0.1) is 0 Å². The summed E-state index contributed by atoms with van der Waals surface area (Å²) in [7, 11) is 0. The van der Waals surface area contributed by atoms with Crippen molar-refractivity contribution >= 4 is 10.9 Å². The Morgan fingerprint density at radius 3 is 2.36 bits per heavy atom. The van der Waals surface area contributed by atoms with E-state index in [4.69, 9.17) is 9.47 Å². The lowest BCUT2D eigenvalue weighted by atomic mass is 9.97. The number of nitrogens with one attached hydrogen (secondary N) is 1. The van der Waals surface area contributed by atoms with Gasteiger partial charge in [-0.05, 0) is 74.1 Å². The molecule has 0 fully saturated rings. The molecule has 0 unspecified atom stereocenters. The van der Waals surface area contributed by atoms with E-state index in [2.05, 4.69) is 48.0 Å². The highest BCUT2D eigenvalue weighted by Crippen LogP contribution is 2.30. The van der Waals surface area contributed by atoms with Crippen LogP contribution in [-0.4, -0.2) is 53.6 Å². The number of halogens is 3. The van der Waals surface area contributed by atoms with E-state index in [1.165, 1.54) is 6.07 Å². The molecule has 1 aromatic heterocycles. The zero-order chi connectivity index (χ0) is 30.1. The van der Waals surface area contributed by atoms with Gasteiger partial charge in [-0.1, -0.05) is 42.5 Å². The summed E-state index contributed by atoms with van der Waals surface area (Å²) >= 11 is 0. The van der Waals surface area contributed by atoms with Crippen molar-refractivity contribution in [2.24, 2.45) is 0 Å². The fourth-order valence-corrected chi connectivity index (χ4v) is 5.32. The van der Waals surface area contributed by atoms with Crippen molar-refractivity contribution in [3.8, 4) is 17.6 Å². The number of nitriles is 1. The molecule has 0 radical (unpaired) electrons. The summed E-state index contributed by atoms with van der Waals surface area (Å²) in [4.78, 5) is 5.52. The van der Waals surface area contributed by atoms with Crippen LogP contribution < -0.4 is 9.47 Å². The van der Waals surface area contributed by atoms with Gasteiger partial charge in [0.15, 0.2) is 18.1 Å². The first-order chi connectivity index (χ1) is 20.2. The molecule has 222 valence electrons. The third kappa shape index (κ3) is 8.05. The lowest BCUT2D eigenvalue weighted by Gasteiger charge is -2.35. The quantitative estimate of drug-likeness (QED) is 0.169. The summed E-state index contributed by atoms with van der Waals surface area (Å²) in [6.07, 6.45) is -0.520. The van der Waals surface area contributed by atoms with Crippen molar-refractivity contribution in [3.05, 3.63) is 95.2 Å². The number of rotatable bonds is 14. The number of para-hydroxylation sites is 2. The number of aryl methyl sites for hydroxylation is 1. The number of aromatic amines is 1. The molecule has 0 saturated heterocycles. The van der Waals surface area contributed by atoms with Gasteiger partial charge in [0, 0.05) is 36.8 Å². The van der Waals surface area contributed by atoms with Crippen LogP contribution in [0.5, 0.6) is 11.5 Å². The summed E-state index contributed by atoms with van der Waals surface area (Å²) < 4.78 is 49.2. The minimum Gasteiger partial charge on any atom is -0.488 e. The first-order valence-corrected chi connectivity index (χ1v) is 14.1. The van der Waals surface area contributed by atoms with Gasteiger partial charge in [-0.2, -0.15) is 18.4 Å². The molecule has 3 aromatic carbocycles. The van der Waals surface area contributed by atoms with Crippen LogP contribution in [-0.2, 0) is 12.8 Å². The van der Waals surface area contributed by atoms with E-state index in [9.17, 15) is 23.5 Å². The lowest BCUT2D eigenvalue weighted by molar-refractivity contribution is -0.153. The Balaban J connectivity index is 1.54. The predicted octanol–water partition coefficient (Wildman–Crippen LogP) is 6.98. The van der Waals surface area contributed by atoms with Gasteiger partial charge >= 0.3 is 6.18 Å². The van der Waals surface area contributed by atoms with Crippen LogP contribution in [0.1, 0.15) is 48.6 Å². The molecule has 4 rings (SSSR count). The van der Waals surface area contributed by atoms with E-state index < -0.39 is 12.8 Å². The Hall–Kier alpha value is -4.00. The van der Waals surface area contributed by atoms with Crippen LogP contribution in [0.15, 0.2) is 72.9 Å². The van der Waals surface area contributed by atoms with Gasteiger partial charge in [0.25, 0.3) is 0 Å². The molecule has 0 saturated carbocycles. The summed E-state index contributed by atoms with van der Waals surface area (Å²) in [5.74, 6) is 0.306. The molecule has 6 nitrogen and oxygen atoms in total. The second kappa shape index (κ2) is 14.3. The van der Waals surface area contributed by atoms with E-state index in [1.807, 2.05) is 30.5 Å². The first kappa shape index (κ1) is 30.9. The minimum absolute atomic E-state index is 0.0214. The van der Waals surface area contributed by atoms with Crippen LogP contribution in [0.3, 0.4) is 0 Å². The number of benzene rings is 3. The number of hydrogen-bond acceptors (Lipinski definition) is 5. The number of aromatic nitrogens is 1. The van der Waals surface area contributed by atoms with Crippen LogP contribution in [0.25, 0.3) is 10.9 Å².